The van der Waals surface area contributed by atoms with Gasteiger partial charge in [0, 0.05) is 17.8 Å². The van der Waals surface area contributed by atoms with Crippen LogP contribution in [0.5, 0.6) is 0 Å². The highest BCUT2D eigenvalue weighted by Crippen LogP contribution is 2.37. The molecule has 1 N–H and O–H groups in total. The number of nitrogens with zero attached hydrogens (tertiary/aromatic N) is 3. The van der Waals surface area contributed by atoms with Gasteiger partial charge in [-0.05, 0) is 30.9 Å². The number of hydrogen-bond donors (Lipinski definition) is 1. The van der Waals surface area contributed by atoms with E-state index >= 15 is 0 Å². The van der Waals surface area contributed by atoms with Crippen LogP contribution >= 0.6 is 22.7 Å². The van der Waals surface area contributed by atoms with Crippen molar-refractivity contribution in [2.45, 2.75) is 20.3 Å². The van der Waals surface area contributed by atoms with Crippen LogP contribution in [0.25, 0.3) is 20.9 Å². The van der Waals surface area contributed by atoms with Gasteiger partial charge < -0.3 is 9.80 Å². The molecule has 4 nitrogen and oxygen atoms in total. The summed E-state index contributed by atoms with van der Waals surface area (Å²) in [5.74, 6) is 2.01. The summed E-state index contributed by atoms with van der Waals surface area (Å²) in [4.78, 5) is 17.6. The third kappa shape index (κ3) is 2.83. The summed E-state index contributed by atoms with van der Waals surface area (Å²) in [5.41, 5.74) is 1.34. The van der Waals surface area contributed by atoms with E-state index in [1.807, 2.05) is 0 Å². The maximum absolute atomic E-state index is 5.03. The van der Waals surface area contributed by atoms with E-state index in [0.717, 1.165) is 34.4 Å². The highest BCUT2D eigenvalue weighted by Gasteiger charge is 2.22. The van der Waals surface area contributed by atoms with Gasteiger partial charge in [-0.15, -0.1) is 22.7 Å². The van der Waals surface area contributed by atoms with Gasteiger partial charge in [-0.3, -0.25) is 0 Å². The van der Waals surface area contributed by atoms with Crippen molar-refractivity contribution >= 4 is 38.7 Å². The average molecular weight is 360 g/mol. The molecule has 1 unspecified atom stereocenters. The van der Waals surface area contributed by atoms with Gasteiger partial charge in [0.25, 0.3) is 0 Å². The van der Waals surface area contributed by atoms with Gasteiger partial charge in [0.2, 0.25) is 0 Å². The standard InChI is InChI=1S/C18H22N4S2/c1-12-13(2)24-18-15(12)17(22-8-5-7-21(3)9-10-22)19-16(20-18)14-6-4-11-23-14/h4,6,11H,5,7-10H2,1-3H3/p+1. The molecular formula is C18H23N4S2+. The number of aryl methyl sites for hydroxylation is 2. The molecule has 1 saturated heterocycles. The Morgan fingerprint density at radius 2 is 2.04 bits per heavy atom. The van der Waals surface area contributed by atoms with Crippen molar-refractivity contribution in [2.75, 3.05) is 38.1 Å². The van der Waals surface area contributed by atoms with Crippen molar-refractivity contribution in [2.24, 2.45) is 0 Å². The van der Waals surface area contributed by atoms with Crippen molar-refractivity contribution < 1.29 is 4.90 Å². The van der Waals surface area contributed by atoms with Crippen molar-refractivity contribution in [3.63, 3.8) is 0 Å². The minimum atomic E-state index is 0.874. The second kappa shape index (κ2) is 6.43. The van der Waals surface area contributed by atoms with Gasteiger partial charge in [0.1, 0.15) is 10.6 Å². The maximum Gasteiger partial charge on any atom is 0.173 e. The fourth-order valence-electron chi connectivity index (χ4n) is 3.32. The number of likely N-dealkylation sites (N-methyl/N-ethyl adjacent to an activating group) is 1. The zero-order chi connectivity index (χ0) is 16.7. The van der Waals surface area contributed by atoms with Gasteiger partial charge in [-0.2, -0.15) is 0 Å². The number of rotatable bonds is 2. The highest BCUT2D eigenvalue weighted by molar-refractivity contribution is 7.19. The number of thiophene rings is 2. The Balaban J connectivity index is 1.88. The van der Waals surface area contributed by atoms with Crippen LogP contribution in [-0.4, -0.2) is 43.2 Å². The molecule has 0 saturated carbocycles. The normalized spacial score (nSPS) is 19.0. The smallest absolute Gasteiger partial charge is 0.173 e. The van der Waals surface area contributed by atoms with E-state index < -0.39 is 0 Å². The fourth-order valence-corrected chi connectivity index (χ4v) is 5.00. The summed E-state index contributed by atoms with van der Waals surface area (Å²) in [6, 6.07) is 4.19. The molecule has 1 aliphatic rings. The number of nitrogens with one attached hydrogen (secondary N) is 1. The zero-order valence-electron chi connectivity index (χ0n) is 14.4. The first-order valence-corrected chi connectivity index (χ1v) is 10.2. The summed E-state index contributed by atoms with van der Waals surface area (Å²) in [7, 11) is 2.29. The van der Waals surface area contributed by atoms with Gasteiger partial charge in [0.05, 0.1) is 36.9 Å². The summed E-state index contributed by atoms with van der Waals surface area (Å²) >= 11 is 3.51. The molecule has 3 aromatic heterocycles. The molecule has 4 heterocycles. The van der Waals surface area contributed by atoms with Crippen molar-refractivity contribution in [3.05, 3.63) is 28.0 Å². The molecule has 0 spiro atoms. The number of hydrogen-bond acceptors (Lipinski definition) is 5. The quantitative estimate of drug-likeness (QED) is 0.764. The maximum atomic E-state index is 5.03. The molecule has 0 bridgehead atoms. The summed E-state index contributed by atoms with van der Waals surface area (Å²) in [6.45, 7) is 8.96. The van der Waals surface area contributed by atoms with E-state index in [1.165, 1.54) is 35.3 Å². The van der Waals surface area contributed by atoms with Gasteiger partial charge in [-0.1, -0.05) is 6.07 Å². The molecule has 0 aromatic carbocycles. The lowest BCUT2D eigenvalue weighted by Crippen LogP contribution is -3.09. The summed E-state index contributed by atoms with van der Waals surface area (Å²) < 4.78 is 0. The Morgan fingerprint density at radius 1 is 1.17 bits per heavy atom. The second-order valence-corrected chi connectivity index (χ2v) is 8.76. The SMILES string of the molecule is Cc1sc2nc(-c3cccs3)nc(N3CCC[NH+](C)CC3)c2c1C. The molecule has 1 aliphatic heterocycles. The first kappa shape index (κ1) is 16.0. The van der Waals surface area contributed by atoms with Gasteiger partial charge in [0.15, 0.2) is 5.82 Å². The van der Waals surface area contributed by atoms with E-state index in [0.29, 0.717) is 0 Å². The molecule has 0 amide bonds. The Morgan fingerprint density at radius 3 is 2.83 bits per heavy atom. The predicted molar refractivity (Wildman–Crippen MR) is 104 cm³/mol. The third-order valence-corrected chi connectivity index (χ3v) is 6.86. The largest absolute Gasteiger partial charge is 0.350 e. The van der Waals surface area contributed by atoms with E-state index in [1.54, 1.807) is 27.6 Å². The molecule has 126 valence electrons. The minimum Gasteiger partial charge on any atom is -0.350 e. The van der Waals surface area contributed by atoms with Gasteiger partial charge in [-0.25, -0.2) is 9.97 Å². The van der Waals surface area contributed by atoms with Crippen LogP contribution in [0.1, 0.15) is 16.9 Å². The zero-order valence-corrected chi connectivity index (χ0v) is 16.1. The second-order valence-electron chi connectivity index (χ2n) is 6.61. The molecule has 1 atom stereocenters. The van der Waals surface area contributed by atoms with Crippen LogP contribution < -0.4 is 9.80 Å². The molecule has 1 fully saturated rings. The monoisotopic (exact) mass is 359 g/mol. The summed E-state index contributed by atoms with van der Waals surface area (Å²) in [6.07, 6.45) is 1.22. The average Bonchev–Trinajstić information content (AvgIpc) is 3.13. The van der Waals surface area contributed by atoms with Gasteiger partial charge >= 0.3 is 0 Å². The Hall–Kier alpha value is -1.50. The molecule has 0 radical (unpaired) electrons. The number of quaternary nitrogens is 1. The van der Waals surface area contributed by atoms with E-state index in [-0.39, 0.29) is 0 Å². The number of aromatic nitrogens is 2. The van der Waals surface area contributed by atoms with Crippen LogP contribution in [0.2, 0.25) is 0 Å². The Bertz CT molecular complexity index is 854. The minimum absolute atomic E-state index is 0.874. The molecule has 6 heteroatoms. The van der Waals surface area contributed by atoms with Crippen LogP contribution in [-0.2, 0) is 0 Å². The van der Waals surface area contributed by atoms with Crippen LogP contribution in [0.15, 0.2) is 17.5 Å². The van der Waals surface area contributed by atoms with Crippen molar-refractivity contribution in [3.8, 4) is 10.7 Å². The lowest BCUT2D eigenvalue weighted by molar-refractivity contribution is -0.876. The molecular weight excluding hydrogens is 336 g/mol. The van der Waals surface area contributed by atoms with Crippen LogP contribution in [0, 0.1) is 13.8 Å². The summed E-state index contributed by atoms with van der Waals surface area (Å²) in [5, 5.41) is 3.36. The first-order valence-electron chi connectivity index (χ1n) is 8.51. The third-order valence-electron chi connectivity index (χ3n) is 4.89. The lowest BCUT2D eigenvalue weighted by atomic mass is 10.2. The molecule has 0 aliphatic carbocycles. The Kier molecular flexibility index (Phi) is 4.28. The lowest BCUT2D eigenvalue weighted by Gasteiger charge is -2.22. The van der Waals surface area contributed by atoms with Crippen molar-refractivity contribution in [1.29, 1.82) is 0 Å². The molecule has 24 heavy (non-hydrogen) atoms. The topological polar surface area (TPSA) is 33.5 Å². The van der Waals surface area contributed by atoms with Crippen LogP contribution in [0.4, 0.5) is 5.82 Å². The van der Waals surface area contributed by atoms with E-state index in [4.69, 9.17) is 9.97 Å². The predicted octanol–water partition coefficient (Wildman–Crippen LogP) is 2.76. The highest BCUT2D eigenvalue weighted by atomic mass is 32.1. The Labute approximate surface area is 150 Å². The van der Waals surface area contributed by atoms with E-state index in [2.05, 4.69) is 43.3 Å². The van der Waals surface area contributed by atoms with Crippen LogP contribution in [0.3, 0.4) is 0 Å². The molecule has 3 aromatic rings. The van der Waals surface area contributed by atoms with E-state index in [9.17, 15) is 0 Å². The van der Waals surface area contributed by atoms with Crippen molar-refractivity contribution in [1.82, 2.24) is 9.97 Å². The fraction of sp³-hybridized carbons (Fsp3) is 0.444. The first-order chi connectivity index (χ1) is 11.6. The number of anilines is 1. The number of fused-ring (bicyclic) bond motifs is 1. The molecule has 4 rings (SSSR count).